The Balaban J connectivity index is 1.27. The summed E-state index contributed by atoms with van der Waals surface area (Å²) >= 11 is 0. The summed E-state index contributed by atoms with van der Waals surface area (Å²) in [7, 11) is 0. The van der Waals surface area contributed by atoms with Crippen LogP contribution in [-0.4, -0.2) is 24.6 Å². The topological polar surface area (TPSA) is 94.8 Å². The summed E-state index contributed by atoms with van der Waals surface area (Å²) in [4.78, 5) is 37.8. The van der Waals surface area contributed by atoms with E-state index in [0.717, 1.165) is 49.5 Å². The normalized spacial score (nSPS) is 14.4. The van der Waals surface area contributed by atoms with Gasteiger partial charge >= 0.3 is 5.97 Å². The van der Waals surface area contributed by atoms with Crippen LogP contribution in [0.4, 0.5) is 5.69 Å². The number of anilines is 1. The Morgan fingerprint density at radius 1 is 1.03 bits per heavy atom. The van der Waals surface area contributed by atoms with Crippen molar-refractivity contribution in [2.45, 2.75) is 45.1 Å². The van der Waals surface area contributed by atoms with E-state index in [1.54, 1.807) is 31.2 Å². The standard InChI is InChI=1S/C31H29NO6/c1-2-36-31(35)28-19-26(33)24-12-7-13-25(29(24)38-28)32-30(34)22-15-17-27-21(18-22)14-16-23(37-27)11-6-10-20-8-4-3-5-9-20/h3-5,7-9,12-13,15,17-19,23H,2,6,10-11,14,16H2,1H3,(H,32,34). The molecule has 2 heterocycles. The van der Waals surface area contributed by atoms with E-state index in [9.17, 15) is 14.4 Å². The third-order valence-corrected chi connectivity index (χ3v) is 6.67. The van der Waals surface area contributed by atoms with Crippen LogP contribution < -0.4 is 15.5 Å². The molecule has 1 aliphatic heterocycles. The Bertz CT molecular complexity index is 1520. The number of ether oxygens (including phenoxy) is 2. The minimum absolute atomic E-state index is 0.121. The minimum atomic E-state index is -0.735. The largest absolute Gasteiger partial charge is 0.490 e. The molecule has 38 heavy (non-hydrogen) atoms. The number of aryl methyl sites for hydroxylation is 2. The van der Waals surface area contributed by atoms with Crippen LogP contribution in [0.1, 0.15) is 58.2 Å². The van der Waals surface area contributed by atoms with Crippen LogP contribution in [0.15, 0.2) is 82.0 Å². The molecule has 194 valence electrons. The molecule has 3 aromatic carbocycles. The van der Waals surface area contributed by atoms with Gasteiger partial charge in [-0.3, -0.25) is 9.59 Å². The van der Waals surface area contributed by atoms with Crippen molar-refractivity contribution in [1.29, 1.82) is 0 Å². The lowest BCUT2D eigenvalue weighted by molar-refractivity contribution is 0.0490. The van der Waals surface area contributed by atoms with Gasteiger partial charge in [-0.05, 0) is 80.5 Å². The quantitative estimate of drug-likeness (QED) is 0.294. The molecule has 0 saturated carbocycles. The molecule has 1 atom stereocenters. The van der Waals surface area contributed by atoms with Crippen LogP contribution >= 0.6 is 0 Å². The summed E-state index contributed by atoms with van der Waals surface area (Å²) < 4.78 is 16.9. The van der Waals surface area contributed by atoms with Crippen molar-refractivity contribution in [3.8, 4) is 5.75 Å². The van der Waals surface area contributed by atoms with Crippen molar-refractivity contribution >= 4 is 28.5 Å². The second-order valence-electron chi connectivity index (χ2n) is 9.31. The maximum absolute atomic E-state index is 13.1. The summed E-state index contributed by atoms with van der Waals surface area (Å²) in [6.45, 7) is 1.81. The maximum atomic E-state index is 13.1. The lowest BCUT2D eigenvalue weighted by atomic mass is 9.96. The smallest absolute Gasteiger partial charge is 0.374 e. The van der Waals surface area contributed by atoms with Gasteiger partial charge in [-0.1, -0.05) is 36.4 Å². The molecule has 7 heteroatoms. The van der Waals surface area contributed by atoms with Crippen LogP contribution in [0.3, 0.4) is 0 Å². The highest BCUT2D eigenvalue weighted by Gasteiger charge is 2.22. The van der Waals surface area contributed by atoms with Gasteiger partial charge in [0.25, 0.3) is 5.91 Å². The van der Waals surface area contributed by atoms with Crippen LogP contribution in [0.25, 0.3) is 11.0 Å². The summed E-state index contributed by atoms with van der Waals surface area (Å²) in [6, 6.07) is 21.8. The molecule has 1 unspecified atom stereocenters. The Hall–Kier alpha value is -4.39. The summed E-state index contributed by atoms with van der Waals surface area (Å²) in [6.07, 6.45) is 4.97. The number of nitrogens with one attached hydrogen (secondary N) is 1. The first-order valence-electron chi connectivity index (χ1n) is 12.9. The molecule has 0 spiro atoms. The monoisotopic (exact) mass is 511 g/mol. The lowest BCUT2D eigenvalue weighted by Gasteiger charge is -2.26. The lowest BCUT2D eigenvalue weighted by Crippen LogP contribution is -2.23. The highest BCUT2D eigenvalue weighted by Crippen LogP contribution is 2.31. The molecule has 1 aromatic heterocycles. The molecule has 0 aliphatic carbocycles. The maximum Gasteiger partial charge on any atom is 0.374 e. The molecule has 0 fully saturated rings. The van der Waals surface area contributed by atoms with Gasteiger partial charge in [0, 0.05) is 11.6 Å². The predicted molar refractivity (Wildman–Crippen MR) is 145 cm³/mol. The second kappa shape index (κ2) is 11.3. The summed E-state index contributed by atoms with van der Waals surface area (Å²) in [5.74, 6) is -0.488. The molecule has 0 bridgehead atoms. The van der Waals surface area contributed by atoms with Gasteiger partial charge in [-0.2, -0.15) is 0 Å². The first kappa shape index (κ1) is 25.3. The molecule has 5 rings (SSSR count). The van der Waals surface area contributed by atoms with Crippen molar-refractivity contribution < 1.29 is 23.5 Å². The van der Waals surface area contributed by atoms with Crippen LogP contribution in [0.2, 0.25) is 0 Å². The molecule has 0 radical (unpaired) electrons. The fraction of sp³-hybridized carbons (Fsp3) is 0.258. The fourth-order valence-corrected chi connectivity index (χ4v) is 4.74. The molecule has 1 aliphatic rings. The number of para-hydroxylation sites is 1. The molecule has 1 amide bonds. The van der Waals surface area contributed by atoms with E-state index < -0.39 is 11.4 Å². The number of hydrogen-bond donors (Lipinski definition) is 1. The first-order chi connectivity index (χ1) is 18.5. The zero-order valence-electron chi connectivity index (χ0n) is 21.2. The fourth-order valence-electron chi connectivity index (χ4n) is 4.74. The Kier molecular flexibility index (Phi) is 7.54. The van der Waals surface area contributed by atoms with Gasteiger partial charge in [0.1, 0.15) is 5.75 Å². The third-order valence-electron chi connectivity index (χ3n) is 6.67. The third kappa shape index (κ3) is 5.62. The summed E-state index contributed by atoms with van der Waals surface area (Å²) in [5.41, 5.74) is 2.82. The molecule has 1 N–H and O–H groups in total. The highest BCUT2D eigenvalue weighted by molar-refractivity contribution is 6.08. The van der Waals surface area contributed by atoms with E-state index in [1.807, 2.05) is 18.2 Å². The van der Waals surface area contributed by atoms with Crippen molar-refractivity contribution in [2.75, 3.05) is 11.9 Å². The van der Waals surface area contributed by atoms with E-state index in [2.05, 4.69) is 29.6 Å². The number of carbonyl (C=O) groups is 2. The number of esters is 1. The molecule has 0 saturated heterocycles. The van der Waals surface area contributed by atoms with Crippen molar-refractivity contribution in [1.82, 2.24) is 0 Å². The zero-order chi connectivity index (χ0) is 26.5. The minimum Gasteiger partial charge on any atom is -0.490 e. The van der Waals surface area contributed by atoms with Gasteiger partial charge in [0.2, 0.25) is 5.76 Å². The Morgan fingerprint density at radius 2 is 1.87 bits per heavy atom. The molecular weight excluding hydrogens is 482 g/mol. The number of carbonyl (C=O) groups excluding carboxylic acids is 2. The van der Waals surface area contributed by atoms with Crippen LogP contribution in [0, 0.1) is 0 Å². The van der Waals surface area contributed by atoms with E-state index in [4.69, 9.17) is 13.9 Å². The van der Waals surface area contributed by atoms with E-state index in [0.29, 0.717) is 11.3 Å². The first-order valence-corrected chi connectivity index (χ1v) is 12.9. The molecule has 7 nitrogen and oxygen atoms in total. The Morgan fingerprint density at radius 3 is 2.68 bits per heavy atom. The van der Waals surface area contributed by atoms with Gasteiger partial charge in [0.15, 0.2) is 11.0 Å². The van der Waals surface area contributed by atoms with Crippen LogP contribution in [-0.2, 0) is 17.6 Å². The van der Waals surface area contributed by atoms with Crippen LogP contribution in [0.5, 0.6) is 5.75 Å². The number of benzene rings is 3. The molecule has 4 aromatic rings. The van der Waals surface area contributed by atoms with E-state index >= 15 is 0 Å². The van der Waals surface area contributed by atoms with Crippen molar-refractivity contribution in [2.24, 2.45) is 0 Å². The van der Waals surface area contributed by atoms with Crippen molar-refractivity contribution in [3.63, 3.8) is 0 Å². The number of hydrogen-bond acceptors (Lipinski definition) is 6. The number of amides is 1. The van der Waals surface area contributed by atoms with Gasteiger partial charge < -0.3 is 19.2 Å². The average molecular weight is 512 g/mol. The van der Waals surface area contributed by atoms with E-state index in [-0.39, 0.29) is 35.3 Å². The van der Waals surface area contributed by atoms with Crippen molar-refractivity contribution in [3.05, 3.63) is 105 Å². The zero-order valence-corrected chi connectivity index (χ0v) is 21.2. The highest BCUT2D eigenvalue weighted by atomic mass is 16.5. The SMILES string of the molecule is CCOC(=O)c1cc(=O)c2cccc(NC(=O)c3ccc4c(c3)CCC(CCCc3ccccc3)O4)c2o1. The van der Waals surface area contributed by atoms with Gasteiger partial charge in [-0.25, -0.2) is 4.79 Å². The van der Waals surface area contributed by atoms with Gasteiger partial charge in [-0.15, -0.1) is 0 Å². The number of rotatable bonds is 8. The molecular formula is C31H29NO6. The number of fused-ring (bicyclic) bond motifs is 2. The average Bonchev–Trinajstić information content (AvgIpc) is 2.93. The predicted octanol–water partition coefficient (Wildman–Crippen LogP) is 5.94. The van der Waals surface area contributed by atoms with Gasteiger partial charge in [0.05, 0.1) is 23.8 Å². The Labute approximate surface area is 220 Å². The van der Waals surface area contributed by atoms with E-state index in [1.165, 1.54) is 5.56 Å². The summed E-state index contributed by atoms with van der Waals surface area (Å²) in [5, 5.41) is 3.08. The second-order valence-corrected chi connectivity index (χ2v) is 9.31.